The van der Waals surface area contributed by atoms with E-state index in [1.807, 2.05) is 41.3 Å². The zero-order chi connectivity index (χ0) is 15.2. The highest BCUT2D eigenvalue weighted by Crippen LogP contribution is 2.23. The molecule has 1 aromatic rings. The minimum absolute atomic E-state index is 0.0804. The second-order valence-corrected chi connectivity index (χ2v) is 6.09. The van der Waals surface area contributed by atoms with Crippen molar-refractivity contribution >= 4 is 12.0 Å². The molecule has 0 spiro atoms. The highest BCUT2D eigenvalue weighted by atomic mass is 16.2. The average molecular weight is 296 g/mol. The first-order valence-corrected chi connectivity index (χ1v) is 8.30. The Morgan fingerprint density at radius 1 is 1.18 bits per heavy atom. The van der Waals surface area contributed by atoms with Gasteiger partial charge in [-0.2, -0.15) is 0 Å². The minimum Gasteiger partial charge on any atom is -0.316 e. The van der Waals surface area contributed by atoms with Gasteiger partial charge in [0.1, 0.15) is 0 Å². The van der Waals surface area contributed by atoms with Crippen LogP contribution in [0.15, 0.2) is 48.2 Å². The monoisotopic (exact) mass is 296 g/mol. The van der Waals surface area contributed by atoms with Gasteiger partial charge in [0.2, 0.25) is 0 Å². The van der Waals surface area contributed by atoms with Crippen molar-refractivity contribution in [3.8, 4) is 0 Å². The zero-order valence-corrected chi connectivity index (χ0v) is 13.0. The van der Waals surface area contributed by atoms with Crippen LogP contribution in [0.1, 0.15) is 37.7 Å². The fourth-order valence-corrected chi connectivity index (χ4v) is 3.22. The molecule has 1 amide bonds. The molecular formula is C19H24N2O. The summed E-state index contributed by atoms with van der Waals surface area (Å²) in [6.07, 6.45) is 11.6. The summed E-state index contributed by atoms with van der Waals surface area (Å²) in [5, 5.41) is 3.58. The summed E-state index contributed by atoms with van der Waals surface area (Å²) < 4.78 is 0. The number of hydrogen-bond acceptors (Lipinski definition) is 2. The molecule has 1 fully saturated rings. The molecule has 3 rings (SSSR count). The van der Waals surface area contributed by atoms with Crippen molar-refractivity contribution in [3.05, 3.63) is 53.7 Å². The van der Waals surface area contributed by atoms with Gasteiger partial charge in [0.25, 0.3) is 5.91 Å². The molecule has 0 saturated carbocycles. The lowest BCUT2D eigenvalue weighted by Gasteiger charge is -2.31. The van der Waals surface area contributed by atoms with Crippen LogP contribution in [0.3, 0.4) is 0 Å². The minimum atomic E-state index is 0.0804. The summed E-state index contributed by atoms with van der Waals surface area (Å²) in [7, 11) is 0. The fourth-order valence-electron chi connectivity index (χ4n) is 3.22. The molecule has 1 N–H and O–H groups in total. The Labute approximate surface area is 132 Å². The number of benzene rings is 1. The molecule has 1 aromatic carbocycles. The fraction of sp³-hybridized carbons (Fsp3) is 0.421. The average Bonchev–Trinajstić information content (AvgIpc) is 2.61. The van der Waals surface area contributed by atoms with Crippen molar-refractivity contribution in [1.29, 1.82) is 0 Å². The van der Waals surface area contributed by atoms with Gasteiger partial charge in [0, 0.05) is 24.9 Å². The maximum atomic E-state index is 12.4. The Morgan fingerprint density at radius 3 is 2.82 bits per heavy atom. The molecule has 3 nitrogen and oxygen atoms in total. The Balaban J connectivity index is 1.65. The molecule has 2 heterocycles. The van der Waals surface area contributed by atoms with E-state index >= 15 is 0 Å². The van der Waals surface area contributed by atoms with Crippen LogP contribution in [-0.2, 0) is 4.79 Å². The van der Waals surface area contributed by atoms with Crippen LogP contribution in [0.5, 0.6) is 0 Å². The van der Waals surface area contributed by atoms with Crippen molar-refractivity contribution < 1.29 is 4.79 Å². The summed E-state index contributed by atoms with van der Waals surface area (Å²) in [5.74, 6) is 0.0804. The lowest BCUT2D eigenvalue weighted by molar-refractivity contribution is -0.123. The van der Waals surface area contributed by atoms with Crippen LogP contribution in [0.2, 0.25) is 0 Å². The molecule has 2 aliphatic rings. The van der Waals surface area contributed by atoms with E-state index in [0.29, 0.717) is 6.04 Å². The van der Waals surface area contributed by atoms with E-state index in [1.54, 1.807) is 6.08 Å². The largest absolute Gasteiger partial charge is 0.316 e. The zero-order valence-electron chi connectivity index (χ0n) is 13.0. The highest BCUT2D eigenvalue weighted by Gasteiger charge is 2.22. The number of rotatable bonds is 3. The van der Waals surface area contributed by atoms with E-state index in [2.05, 4.69) is 11.5 Å². The van der Waals surface area contributed by atoms with Crippen LogP contribution < -0.4 is 5.32 Å². The van der Waals surface area contributed by atoms with Gasteiger partial charge in [-0.05, 0) is 49.4 Å². The third-order valence-electron chi connectivity index (χ3n) is 4.45. The number of nitrogens with zero attached hydrogens (tertiary/aromatic N) is 1. The van der Waals surface area contributed by atoms with Gasteiger partial charge >= 0.3 is 0 Å². The van der Waals surface area contributed by atoms with Crippen molar-refractivity contribution in [2.45, 2.75) is 38.1 Å². The van der Waals surface area contributed by atoms with E-state index in [1.165, 1.54) is 24.8 Å². The topological polar surface area (TPSA) is 32.3 Å². The number of hydrogen-bond donors (Lipinski definition) is 1. The number of nitrogens with one attached hydrogen (secondary N) is 1. The van der Waals surface area contributed by atoms with Crippen molar-refractivity contribution in [2.24, 2.45) is 0 Å². The molecule has 1 saturated heterocycles. The van der Waals surface area contributed by atoms with Gasteiger partial charge in [0.15, 0.2) is 0 Å². The van der Waals surface area contributed by atoms with Crippen LogP contribution >= 0.6 is 0 Å². The lowest BCUT2D eigenvalue weighted by Crippen LogP contribution is -2.39. The number of carbonyl (C=O) groups excluding carboxylic acids is 1. The van der Waals surface area contributed by atoms with E-state index in [0.717, 1.165) is 31.5 Å². The van der Waals surface area contributed by atoms with E-state index in [9.17, 15) is 4.79 Å². The summed E-state index contributed by atoms with van der Waals surface area (Å²) in [5.41, 5.74) is 2.46. The van der Waals surface area contributed by atoms with E-state index in [-0.39, 0.29) is 5.91 Å². The Bertz CT molecular complexity index is 556. The maximum absolute atomic E-state index is 12.4. The SMILES string of the molecule is O=C(C=Cc1ccccc1)N1C=C([C@H]2CCCCN2)CCC1. The smallest absolute Gasteiger partial charge is 0.250 e. The van der Waals surface area contributed by atoms with Crippen molar-refractivity contribution in [3.63, 3.8) is 0 Å². The van der Waals surface area contributed by atoms with Crippen LogP contribution in [0.4, 0.5) is 0 Å². The third-order valence-corrected chi connectivity index (χ3v) is 4.45. The van der Waals surface area contributed by atoms with Gasteiger partial charge in [-0.3, -0.25) is 4.79 Å². The van der Waals surface area contributed by atoms with Gasteiger partial charge in [-0.15, -0.1) is 0 Å². The highest BCUT2D eigenvalue weighted by molar-refractivity contribution is 5.92. The quantitative estimate of drug-likeness (QED) is 0.868. The molecule has 0 aromatic heterocycles. The van der Waals surface area contributed by atoms with Crippen molar-refractivity contribution in [2.75, 3.05) is 13.1 Å². The molecule has 2 aliphatic heterocycles. The Morgan fingerprint density at radius 2 is 2.05 bits per heavy atom. The first-order chi connectivity index (χ1) is 10.8. The molecule has 3 heteroatoms. The number of piperidine rings is 1. The first-order valence-electron chi connectivity index (χ1n) is 8.30. The number of carbonyl (C=O) groups is 1. The molecule has 0 radical (unpaired) electrons. The molecular weight excluding hydrogens is 272 g/mol. The third kappa shape index (κ3) is 3.86. The van der Waals surface area contributed by atoms with Gasteiger partial charge in [-0.1, -0.05) is 36.8 Å². The standard InChI is InChI=1S/C19H24N2O/c22-19(12-11-16-7-2-1-3-8-16)21-14-6-9-17(15-21)18-10-4-5-13-20-18/h1-3,7-8,11-12,15,18,20H,4-6,9-10,13-14H2/t18-/m1/s1. The summed E-state index contributed by atoms with van der Waals surface area (Å²) in [6.45, 7) is 1.93. The van der Waals surface area contributed by atoms with E-state index in [4.69, 9.17) is 0 Å². The molecule has 22 heavy (non-hydrogen) atoms. The normalized spacial score (nSPS) is 22.6. The van der Waals surface area contributed by atoms with Gasteiger partial charge < -0.3 is 10.2 Å². The molecule has 1 atom stereocenters. The predicted molar refractivity (Wildman–Crippen MR) is 90.1 cm³/mol. The van der Waals surface area contributed by atoms with Crippen LogP contribution in [-0.4, -0.2) is 29.9 Å². The molecule has 0 aliphatic carbocycles. The predicted octanol–water partition coefficient (Wildman–Crippen LogP) is 3.35. The molecule has 116 valence electrons. The summed E-state index contributed by atoms with van der Waals surface area (Å²) in [4.78, 5) is 14.2. The van der Waals surface area contributed by atoms with E-state index < -0.39 is 0 Å². The Kier molecular flexibility index (Phi) is 5.07. The van der Waals surface area contributed by atoms with Crippen LogP contribution in [0.25, 0.3) is 6.08 Å². The van der Waals surface area contributed by atoms with Crippen LogP contribution in [0, 0.1) is 0 Å². The lowest BCUT2D eigenvalue weighted by atomic mass is 9.93. The first kappa shape index (κ1) is 15.0. The molecule has 0 unspecified atom stereocenters. The van der Waals surface area contributed by atoms with Gasteiger partial charge in [-0.25, -0.2) is 0 Å². The summed E-state index contributed by atoms with van der Waals surface area (Å²) >= 11 is 0. The second-order valence-electron chi connectivity index (χ2n) is 6.09. The maximum Gasteiger partial charge on any atom is 0.250 e. The summed E-state index contributed by atoms with van der Waals surface area (Å²) in [6, 6.07) is 10.4. The van der Waals surface area contributed by atoms with Crippen molar-refractivity contribution in [1.82, 2.24) is 10.2 Å². The molecule has 0 bridgehead atoms. The van der Waals surface area contributed by atoms with Gasteiger partial charge in [0.05, 0.1) is 0 Å². The Hall–Kier alpha value is -1.87. The second kappa shape index (κ2) is 7.41. The number of amides is 1.